The standard InChI is InChI=1S/C25H17NO4/c27-24(28)19-10-6-17(7-11-19)22-14-21(16-4-2-1-3-5-16)15-23(26-22)18-8-12-20(13-9-18)25(29)30/h1-15H,(H,27,28)(H,29,30). The van der Waals surface area contributed by atoms with Crippen LogP contribution in [0.25, 0.3) is 33.6 Å². The molecule has 0 radical (unpaired) electrons. The highest BCUT2D eigenvalue weighted by molar-refractivity contribution is 5.89. The minimum Gasteiger partial charge on any atom is -0.478 e. The van der Waals surface area contributed by atoms with Crippen molar-refractivity contribution in [3.63, 3.8) is 0 Å². The first-order valence-electron chi connectivity index (χ1n) is 9.26. The summed E-state index contributed by atoms with van der Waals surface area (Å²) in [5.41, 5.74) is 5.38. The van der Waals surface area contributed by atoms with Crippen molar-refractivity contribution in [2.75, 3.05) is 0 Å². The minimum atomic E-state index is -0.980. The quantitative estimate of drug-likeness (QED) is 0.467. The van der Waals surface area contributed by atoms with Crippen molar-refractivity contribution in [2.45, 2.75) is 0 Å². The molecule has 0 amide bonds. The van der Waals surface area contributed by atoms with Crippen LogP contribution in [0.3, 0.4) is 0 Å². The molecule has 1 heterocycles. The number of hydrogen-bond donors (Lipinski definition) is 2. The average Bonchev–Trinajstić information content (AvgIpc) is 2.79. The van der Waals surface area contributed by atoms with Gasteiger partial charge < -0.3 is 10.2 Å². The van der Waals surface area contributed by atoms with E-state index in [9.17, 15) is 9.59 Å². The number of pyridine rings is 1. The largest absolute Gasteiger partial charge is 0.478 e. The molecular weight excluding hydrogens is 378 g/mol. The first-order valence-corrected chi connectivity index (χ1v) is 9.26. The van der Waals surface area contributed by atoms with Gasteiger partial charge in [0.25, 0.3) is 0 Å². The Bertz CT molecular complexity index is 1140. The van der Waals surface area contributed by atoms with Crippen LogP contribution in [0.1, 0.15) is 20.7 Å². The first-order chi connectivity index (χ1) is 14.5. The normalized spacial score (nSPS) is 10.5. The fraction of sp³-hybridized carbons (Fsp3) is 0. The monoisotopic (exact) mass is 395 g/mol. The zero-order valence-electron chi connectivity index (χ0n) is 15.8. The highest BCUT2D eigenvalue weighted by Crippen LogP contribution is 2.30. The van der Waals surface area contributed by atoms with Crippen molar-refractivity contribution in [1.29, 1.82) is 0 Å². The molecular formula is C25H17NO4. The lowest BCUT2D eigenvalue weighted by Gasteiger charge is -2.11. The summed E-state index contributed by atoms with van der Waals surface area (Å²) in [6.07, 6.45) is 0. The zero-order chi connectivity index (χ0) is 21.1. The summed E-state index contributed by atoms with van der Waals surface area (Å²) in [7, 11) is 0. The van der Waals surface area contributed by atoms with Gasteiger partial charge in [0.1, 0.15) is 0 Å². The number of rotatable bonds is 5. The summed E-state index contributed by atoms with van der Waals surface area (Å²) < 4.78 is 0. The lowest BCUT2D eigenvalue weighted by Crippen LogP contribution is -1.97. The van der Waals surface area contributed by atoms with E-state index in [0.717, 1.165) is 22.3 Å². The van der Waals surface area contributed by atoms with E-state index in [2.05, 4.69) is 0 Å². The Hall–Kier alpha value is -4.25. The van der Waals surface area contributed by atoms with Gasteiger partial charge in [-0.15, -0.1) is 0 Å². The molecule has 2 N–H and O–H groups in total. The maximum absolute atomic E-state index is 11.1. The number of aromatic carboxylic acids is 2. The third-order valence-corrected chi connectivity index (χ3v) is 4.79. The second-order valence-corrected chi connectivity index (χ2v) is 6.76. The molecule has 5 heteroatoms. The summed E-state index contributed by atoms with van der Waals surface area (Å²) in [4.78, 5) is 27.0. The van der Waals surface area contributed by atoms with E-state index in [0.29, 0.717) is 11.4 Å². The molecule has 0 atom stereocenters. The van der Waals surface area contributed by atoms with Gasteiger partial charge in [0.15, 0.2) is 0 Å². The molecule has 3 aromatic carbocycles. The van der Waals surface area contributed by atoms with E-state index in [1.165, 1.54) is 0 Å². The molecule has 4 rings (SSSR count). The van der Waals surface area contributed by atoms with Crippen molar-refractivity contribution in [2.24, 2.45) is 0 Å². The summed E-state index contributed by atoms with van der Waals surface area (Å²) in [6, 6.07) is 26.9. The number of hydrogen-bond acceptors (Lipinski definition) is 3. The second-order valence-electron chi connectivity index (χ2n) is 6.76. The SMILES string of the molecule is O=C(O)c1ccc(-c2cc(-c3ccccc3)cc(-c3ccc(C(=O)O)cc3)n2)cc1. The van der Waals surface area contributed by atoms with E-state index >= 15 is 0 Å². The molecule has 0 aliphatic rings. The molecule has 30 heavy (non-hydrogen) atoms. The van der Waals surface area contributed by atoms with E-state index in [1.54, 1.807) is 48.5 Å². The zero-order valence-corrected chi connectivity index (χ0v) is 15.8. The summed E-state index contributed by atoms with van der Waals surface area (Å²) in [5.74, 6) is -1.96. The van der Waals surface area contributed by atoms with E-state index in [1.807, 2.05) is 42.5 Å². The van der Waals surface area contributed by atoms with Crippen molar-refractivity contribution in [3.05, 3.63) is 102 Å². The molecule has 0 fully saturated rings. The Morgan fingerprint density at radius 3 is 1.37 bits per heavy atom. The maximum Gasteiger partial charge on any atom is 0.335 e. The highest BCUT2D eigenvalue weighted by atomic mass is 16.4. The molecule has 0 spiro atoms. The Labute approximate surface area is 172 Å². The Morgan fingerprint density at radius 1 is 0.533 bits per heavy atom. The van der Waals surface area contributed by atoms with Crippen LogP contribution in [0.5, 0.6) is 0 Å². The number of carbonyl (C=O) groups is 2. The van der Waals surface area contributed by atoms with Crippen LogP contribution in [0.2, 0.25) is 0 Å². The number of carboxylic acids is 2. The first kappa shape index (κ1) is 19.1. The van der Waals surface area contributed by atoms with Crippen molar-refractivity contribution in [3.8, 4) is 33.6 Å². The van der Waals surface area contributed by atoms with Crippen molar-refractivity contribution >= 4 is 11.9 Å². The van der Waals surface area contributed by atoms with Crippen LogP contribution in [0.4, 0.5) is 0 Å². The van der Waals surface area contributed by atoms with Gasteiger partial charge in [0, 0.05) is 11.1 Å². The lowest BCUT2D eigenvalue weighted by molar-refractivity contribution is 0.0686. The Balaban J connectivity index is 1.84. The average molecular weight is 395 g/mol. The van der Waals surface area contributed by atoms with Crippen LogP contribution < -0.4 is 0 Å². The second kappa shape index (κ2) is 8.01. The van der Waals surface area contributed by atoms with E-state index in [-0.39, 0.29) is 11.1 Å². The Morgan fingerprint density at radius 2 is 0.967 bits per heavy atom. The lowest BCUT2D eigenvalue weighted by atomic mass is 9.99. The number of aromatic nitrogens is 1. The van der Waals surface area contributed by atoms with Crippen LogP contribution in [-0.4, -0.2) is 27.1 Å². The van der Waals surface area contributed by atoms with Crippen LogP contribution >= 0.6 is 0 Å². The molecule has 5 nitrogen and oxygen atoms in total. The predicted molar refractivity (Wildman–Crippen MR) is 114 cm³/mol. The van der Waals surface area contributed by atoms with Crippen LogP contribution in [-0.2, 0) is 0 Å². The molecule has 0 aliphatic heterocycles. The molecule has 0 bridgehead atoms. The fourth-order valence-electron chi connectivity index (χ4n) is 3.19. The third kappa shape index (κ3) is 3.95. The summed E-state index contributed by atoms with van der Waals surface area (Å²) >= 11 is 0. The van der Waals surface area contributed by atoms with Gasteiger partial charge in [-0.3, -0.25) is 0 Å². The van der Waals surface area contributed by atoms with Gasteiger partial charge in [-0.2, -0.15) is 0 Å². The van der Waals surface area contributed by atoms with Gasteiger partial charge in [-0.05, 0) is 47.5 Å². The molecule has 4 aromatic rings. The van der Waals surface area contributed by atoms with Crippen LogP contribution in [0, 0.1) is 0 Å². The fourth-order valence-corrected chi connectivity index (χ4v) is 3.19. The topological polar surface area (TPSA) is 87.5 Å². The van der Waals surface area contributed by atoms with Crippen LogP contribution in [0.15, 0.2) is 91.0 Å². The predicted octanol–water partition coefficient (Wildman–Crippen LogP) is 5.48. The van der Waals surface area contributed by atoms with Gasteiger partial charge in [0.2, 0.25) is 0 Å². The molecule has 0 unspecified atom stereocenters. The van der Waals surface area contributed by atoms with Crippen molar-refractivity contribution < 1.29 is 19.8 Å². The van der Waals surface area contributed by atoms with E-state index in [4.69, 9.17) is 15.2 Å². The maximum atomic E-state index is 11.1. The smallest absolute Gasteiger partial charge is 0.335 e. The van der Waals surface area contributed by atoms with Gasteiger partial charge in [0.05, 0.1) is 22.5 Å². The number of nitrogens with zero attached hydrogens (tertiary/aromatic N) is 1. The summed E-state index contributed by atoms with van der Waals surface area (Å²) in [5, 5.41) is 18.3. The molecule has 146 valence electrons. The summed E-state index contributed by atoms with van der Waals surface area (Å²) in [6.45, 7) is 0. The number of benzene rings is 3. The van der Waals surface area contributed by atoms with Gasteiger partial charge in [-0.25, -0.2) is 14.6 Å². The number of carboxylic acid groups (broad SMARTS) is 2. The molecule has 0 saturated carbocycles. The molecule has 0 aliphatic carbocycles. The third-order valence-electron chi connectivity index (χ3n) is 4.79. The minimum absolute atomic E-state index is 0.211. The molecule has 1 aromatic heterocycles. The van der Waals surface area contributed by atoms with Gasteiger partial charge >= 0.3 is 11.9 Å². The highest BCUT2D eigenvalue weighted by Gasteiger charge is 2.11. The Kier molecular flexibility index (Phi) is 5.09. The molecule has 0 saturated heterocycles. The van der Waals surface area contributed by atoms with Crippen molar-refractivity contribution in [1.82, 2.24) is 4.98 Å². The van der Waals surface area contributed by atoms with Gasteiger partial charge in [-0.1, -0.05) is 54.6 Å². The van der Waals surface area contributed by atoms with E-state index < -0.39 is 11.9 Å².